The van der Waals surface area contributed by atoms with Gasteiger partial charge in [0, 0.05) is 12.7 Å². The minimum absolute atomic E-state index is 0.112. The maximum absolute atomic E-state index is 13.9. The molecule has 1 fully saturated rings. The fraction of sp³-hybridized carbons (Fsp3) is 0.412. The fourth-order valence-corrected chi connectivity index (χ4v) is 2.69. The monoisotopic (exact) mass is 316 g/mol. The zero-order chi connectivity index (χ0) is 16.6. The Morgan fingerprint density at radius 3 is 2.70 bits per heavy atom. The molecule has 2 aromatic rings. The van der Waals surface area contributed by atoms with Crippen LogP contribution in [0.15, 0.2) is 36.7 Å². The van der Waals surface area contributed by atoms with Gasteiger partial charge < -0.3 is 10.2 Å². The van der Waals surface area contributed by atoms with Crippen molar-refractivity contribution in [1.29, 1.82) is 0 Å². The Bertz CT molecular complexity index is 719. The Morgan fingerprint density at radius 1 is 1.30 bits per heavy atom. The van der Waals surface area contributed by atoms with E-state index in [9.17, 15) is 9.18 Å². The van der Waals surface area contributed by atoms with Crippen molar-refractivity contribution >= 4 is 17.3 Å². The van der Waals surface area contributed by atoms with E-state index in [1.165, 1.54) is 11.0 Å². The van der Waals surface area contributed by atoms with E-state index in [0.29, 0.717) is 18.7 Å². The first-order valence-electron chi connectivity index (χ1n) is 7.74. The molecule has 1 atom stereocenters. The SMILES string of the molecule is CC(C)(C)n1cc(N[C@H]2CCN(c3ccccc3F)C2=O)cn1. The lowest BCUT2D eigenvalue weighted by molar-refractivity contribution is -0.117. The molecule has 1 aliphatic heterocycles. The van der Waals surface area contributed by atoms with E-state index in [1.807, 2.05) is 10.9 Å². The van der Waals surface area contributed by atoms with E-state index in [1.54, 1.807) is 24.4 Å². The minimum Gasteiger partial charge on any atom is -0.371 e. The van der Waals surface area contributed by atoms with Gasteiger partial charge in [-0.15, -0.1) is 0 Å². The van der Waals surface area contributed by atoms with Crippen molar-refractivity contribution in [2.45, 2.75) is 38.8 Å². The third kappa shape index (κ3) is 3.06. The van der Waals surface area contributed by atoms with E-state index >= 15 is 0 Å². The number of carbonyl (C=O) groups is 1. The second-order valence-electron chi connectivity index (χ2n) is 6.77. The molecule has 1 amide bonds. The summed E-state index contributed by atoms with van der Waals surface area (Å²) in [5, 5.41) is 7.52. The summed E-state index contributed by atoms with van der Waals surface area (Å²) in [7, 11) is 0. The normalized spacial score (nSPS) is 18.5. The van der Waals surface area contributed by atoms with Gasteiger partial charge in [0.2, 0.25) is 5.91 Å². The third-order valence-electron chi connectivity index (χ3n) is 3.96. The molecule has 1 aromatic heterocycles. The van der Waals surface area contributed by atoms with Crippen molar-refractivity contribution < 1.29 is 9.18 Å². The van der Waals surface area contributed by atoms with Crippen LogP contribution in [0.5, 0.6) is 0 Å². The Kier molecular flexibility index (Phi) is 3.83. The van der Waals surface area contributed by atoms with Gasteiger partial charge in [0.1, 0.15) is 11.9 Å². The molecule has 0 unspecified atom stereocenters. The number of para-hydroxylation sites is 1. The van der Waals surface area contributed by atoms with E-state index in [-0.39, 0.29) is 23.3 Å². The van der Waals surface area contributed by atoms with Crippen LogP contribution in [0.3, 0.4) is 0 Å². The van der Waals surface area contributed by atoms with Crippen LogP contribution in [-0.2, 0) is 10.3 Å². The number of hydrogen-bond donors (Lipinski definition) is 1. The van der Waals surface area contributed by atoms with Crippen LogP contribution >= 0.6 is 0 Å². The van der Waals surface area contributed by atoms with Crippen molar-refractivity contribution in [1.82, 2.24) is 9.78 Å². The van der Waals surface area contributed by atoms with E-state index in [0.717, 1.165) is 5.69 Å². The Morgan fingerprint density at radius 2 is 2.04 bits per heavy atom. The number of hydrogen-bond acceptors (Lipinski definition) is 3. The second kappa shape index (κ2) is 5.68. The van der Waals surface area contributed by atoms with E-state index in [4.69, 9.17) is 0 Å². The predicted octanol–water partition coefficient (Wildman–Crippen LogP) is 2.99. The summed E-state index contributed by atoms with van der Waals surface area (Å²) in [5.74, 6) is -0.485. The van der Waals surface area contributed by atoms with Crippen molar-refractivity contribution in [2.75, 3.05) is 16.8 Å². The van der Waals surface area contributed by atoms with Crippen LogP contribution in [0.2, 0.25) is 0 Å². The number of carbonyl (C=O) groups excluding carboxylic acids is 1. The fourth-order valence-electron chi connectivity index (χ4n) is 2.69. The molecule has 0 spiro atoms. The minimum atomic E-state index is -0.373. The molecule has 1 saturated heterocycles. The molecule has 1 aromatic carbocycles. The van der Waals surface area contributed by atoms with Crippen LogP contribution in [0, 0.1) is 5.82 Å². The molecule has 2 heterocycles. The molecule has 1 N–H and O–H groups in total. The average molecular weight is 316 g/mol. The van der Waals surface area contributed by atoms with Crippen molar-refractivity contribution in [3.05, 3.63) is 42.5 Å². The van der Waals surface area contributed by atoms with Gasteiger partial charge in [-0.25, -0.2) is 4.39 Å². The zero-order valence-corrected chi connectivity index (χ0v) is 13.6. The molecule has 5 nitrogen and oxygen atoms in total. The summed E-state index contributed by atoms with van der Waals surface area (Å²) in [4.78, 5) is 14.0. The Labute approximate surface area is 135 Å². The van der Waals surface area contributed by atoms with Gasteiger partial charge in [-0.1, -0.05) is 12.1 Å². The van der Waals surface area contributed by atoms with Crippen LogP contribution in [0.25, 0.3) is 0 Å². The van der Waals surface area contributed by atoms with E-state index in [2.05, 4.69) is 31.2 Å². The number of amides is 1. The number of anilines is 2. The van der Waals surface area contributed by atoms with E-state index < -0.39 is 0 Å². The van der Waals surface area contributed by atoms with Crippen molar-refractivity contribution in [2.24, 2.45) is 0 Å². The predicted molar refractivity (Wildman–Crippen MR) is 88.0 cm³/mol. The molecule has 0 saturated carbocycles. The average Bonchev–Trinajstić information content (AvgIpc) is 3.08. The van der Waals surface area contributed by atoms with Crippen LogP contribution in [-0.4, -0.2) is 28.3 Å². The largest absolute Gasteiger partial charge is 0.371 e. The molecule has 0 bridgehead atoms. The number of nitrogens with zero attached hydrogens (tertiary/aromatic N) is 3. The Balaban J connectivity index is 1.73. The van der Waals surface area contributed by atoms with Gasteiger partial charge >= 0.3 is 0 Å². The lowest BCUT2D eigenvalue weighted by Gasteiger charge is -2.19. The first-order chi connectivity index (χ1) is 10.9. The number of benzene rings is 1. The summed E-state index contributed by atoms with van der Waals surface area (Å²) in [6.45, 7) is 6.68. The molecular weight excluding hydrogens is 295 g/mol. The summed E-state index contributed by atoms with van der Waals surface area (Å²) in [5.41, 5.74) is 1.03. The quantitative estimate of drug-likeness (QED) is 0.947. The molecule has 23 heavy (non-hydrogen) atoms. The van der Waals surface area contributed by atoms with Crippen molar-refractivity contribution in [3.8, 4) is 0 Å². The van der Waals surface area contributed by atoms with Gasteiger partial charge in [-0.05, 0) is 39.3 Å². The van der Waals surface area contributed by atoms with Gasteiger partial charge in [-0.3, -0.25) is 9.48 Å². The number of halogens is 1. The summed E-state index contributed by atoms with van der Waals surface area (Å²) < 4.78 is 15.7. The highest BCUT2D eigenvalue weighted by Gasteiger charge is 2.34. The van der Waals surface area contributed by atoms with Gasteiger partial charge in [-0.2, -0.15) is 5.10 Å². The second-order valence-corrected chi connectivity index (χ2v) is 6.77. The molecule has 0 aliphatic carbocycles. The molecule has 6 heteroatoms. The van der Waals surface area contributed by atoms with Gasteiger partial charge in [0.15, 0.2) is 0 Å². The number of rotatable bonds is 3. The highest BCUT2D eigenvalue weighted by atomic mass is 19.1. The molecule has 3 rings (SSSR count). The highest BCUT2D eigenvalue weighted by molar-refractivity contribution is 6.01. The summed E-state index contributed by atoms with van der Waals surface area (Å²) in [6, 6.07) is 6.01. The van der Waals surface area contributed by atoms with Gasteiger partial charge in [0.25, 0.3) is 0 Å². The lowest BCUT2D eigenvalue weighted by atomic mass is 10.1. The zero-order valence-electron chi connectivity index (χ0n) is 13.6. The third-order valence-corrected chi connectivity index (χ3v) is 3.96. The lowest BCUT2D eigenvalue weighted by Crippen LogP contribution is -2.33. The first-order valence-corrected chi connectivity index (χ1v) is 7.74. The maximum atomic E-state index is 13.9. The number of nitrogens with one attached hydrogen (secondary N) is 1. The van der Waals surface area contributed by atoms with Gasteiger partial charge in [0.05, 0.1) is 23.1 Å². The van der Waals surface area contributed by atoms with Crippen LogP contribution in [0.4, 0.5) is 15.8 Å². The smallest absolute Gasteiger partial charge is 0.249 e. The molecular formula is C17H21FN4O. The summed E-state index contributed by atoms with van der Waals surface area (Å²) in [6.07, 6.45) is 4.23. The summed E-state index contributed by atoms with van der Waals surface area (Å²) >= 11 is 0. The number of aromatic nitrogens is 2. The van der Waals surface area contributed by atoms with Crippen LogP contribution in [0.1, 0.15) is 27.2 Å². The first kappa shape index (κ1) is 15.5. The molecule has 0 radical (unpaired) electrons. The molecule has 1 aliphatic rings. The maximum Gasteiger partial charge on any atom is 0.249 e. The van der Waals surface area contributed by atoms with Crippen LogP contribution < -0.4 is 10.2 Å². The highest BCUT2D eigenvalue weighted by Crippen LogP contribution is 2.26. The Hall–Kier alpha value is -2.37. The van der Waals surface area contributed by atoms with Crippen molar-refractivity contribution in [3.63, 3.8) is 0 Å². The topological polar surface area (TPSA) is 50.2 Å². The standard InChI is InChI=1S/C17H21FN4O/c1-17(2,3)22-11-12(10-19-22)20-14-8-9-21(16(14)23)15-7-5-4-6-13(15)18/h4-7,10-11,14,20H,8-9H2,1-3H3/t14-/m0/s1. The molecule has 122 valence electrons.